The number of carbonyl (C=O) groups is 1. The van der Waals surface area contributed by atoms with E-state index < -0.39 is 0 Å². The van der Waals surface area contributed by atoms with Crippen LogP contribution in [-0.2, 0) is 4.79 Å². The molecule has 0 aliphatic rings. The molecule has 0 radical (unpaired) electrons. The quantitative estimate of drug-likeness (QED) is 0.870. The molecule has 116 valence electrons. The van der Waals surface area contributed by atoms with Gasteiger partial charge in [0.2, 0.25) is 5.91 Å². The number of anilines is 1. The molecular formula is C18H20ClNO2. The highest BCUT2D eigenvalue weighted by Crippen LogP contribution is 2.23. The van der Waals surface area contributed by atoms with Crippen molar-refractivity contribution in [2.24, 2.45) is 0 Å². The zero-order valence-electron chi connectivity index (χ0n) is 13.1. The smallest absolute Gasteiger partial charge is 0.227 e. The summed E-state index contributed by atoms with van der Waals surface area (Å²) in [5.41, 5.74) is 3.81. The molecule has 4 heteroatoms. The Labute approximate surface area is 136 Å². The number of halogens is 1. The number of hydrogen-bond donors (Lipinski definition) is 1. The lowest BCUT2D eigenvalue weighted by Gasteiger charge is -2.11. The molecular weight excluding hydrogens is 298 g/mol. The van der Waals surface area contributed by atoms with E-state index in [0.717, 1.165) is 28.1 Å². The lowest BCUT2D eigenvalue weighted by molar-refractivity contribution is -0.116. The van der Waals surface area contributed by atoms with Crippen LogP contribution in [0.3, 0.4) is 0 Å². The van der Waals surface area contributed by atoms with E-state index >= 15 is 0 Å². The highest BCUT2D eigenvalue weighted by atomic mass is 35.5. The van der Waals surface area contributed by atoms with Crippen LogP contribution in [0, 0.1) is 20.8 Å². The lowest BCUT2D eigenvalue weighted by Crippen LogP contribution is -2.16. The van der Waals surface area contributed by atoms with Gasteiger partial charge in [0.05, 0.1) is 13.0 Å². The molecule has 3 nitrogen and oxygen atoms in total. The number of carbonyl (C=O) groups excluding carboxylic acids is 1. The first-order valence-corrected chi connectivity index (χ1v) is 7.60. The van der Waals surface area contributed by atoms with Crippen molar-refractivity contribution in [2.45, 2.75) is 27.2 Å². The van der Waals surface area contributed by atoms with Gasteiger partial charge >= 0.3 is 0 Å². The Morgan fingerprint density at radius 3 is 2.73 bits per heavy atom. The predicted molar refractivity (Wildman–Crippen MR) is 90.8 cm³/mol. The number of rotatable bonds is 5. The Hall–Kier alpha value is -2.00. The summed E-state index contributed by atoms with van der Waals surface area (Å²) < 4.78 is 5.69. The maximum atomic E-state index is 12.0. The van der Waals surface area contributed by atoms with E-state index in [-0.39, 0.29) is 5.91 Å². The Bertz CT molecular complexity index is 683. The predicted octanol–water partition coefficient (Wildman–Crippen LogP) is 4.67. The van der Waals surface area contributed by atoms with E-state index in [1.54, 1.807) is 6.07 Å². The standard InChI is InChI=1S/C18H20ClNO2/c1-12-7-8-13(2)17(11-12)22-10-9-18(21)20-16-6-4-5-15(19)14(16)3/h4-8,11H,9-10H2,1-3H3,(H,20,21). The topological polar surface area (TPSA) is 38.3 Å². The molecule has 0 bridgehead atoms. The summed E-state index contributed by atoms with van der Waals surface area (Å²) in [5.74, 6) is 0.738. The van der Waals surface area contributed by atoms with Crippen molar-refractivity contribution >= 4 is 23.2 Å². The molecule has 2 rings (SSSR count). The van der Waals surface area contributed by atoms with Gasteiger partial charge in [-0.25, -0.2) is 0 Å². The first kappa shape index (κ1) is 16.4. The summed E-state index contributed by atoms with van der Waals surface area (Å²) >= 11 is 6.04. The number of nitrogens with one attached hydrogen (secondary N) is 1. The summed E-state index contributed by atoms with van der Waals surface area (Å²) in [6, 6.07) is 11.5. The van der Waals surface area contributed by atoms with Gasteiger partial charge in [-0.3, -0.25) is 4.79 Å². The minimum atomic E-state index is -0.0873. The second kappa shape index (κ2) is 7.32. The maximum absolute atomic E-state index is 12.0. The van der Waals surface area contributed by atoms with E-state index in [1.807, 2.05) is 51.1 Å². The van der Waals surface area contributed by atoms with Gasteiger partial charge in [-0.15, -0.1) is 0 Å². The SMILES string of the molecule is Cc1ccc(C)c(OCCC(=O)Nc2cccc(Cl)c2C)c1. The van der Waals surface area contributed by atoms with Crippen LogP contribution in [0.25, 0.3) is 0 Å². The Morgan fingerprint density at radius 2 is 1.95 bits per heavy atom. The van der Waals surface area contributed by atoms with Crippen molar-refractivity contribution in [3.8, 4) is 5.75 Å². The van der Waals surface area contributed by atoms with Gasteiger partial charge in [0.25, 0.3) is 0 Å². The molecule has 0 unspecified atom stereocenters. The van der Waals surface area contributed by atoms with Crippen LogP contribution in [0.1, 0.15) is 23.1 Å². The Morgan fingerprint density at radius 1 is 1.18 bits per heavy atom. The molecule has 0 atom stereocenters. The fourth-order valence-corrected chi connectivity index (χ4v) is 2.25. The normalized spacial score (nSPS) is 10.4. The van der Waals surface area contributed by atoms with Crippen LogP contribution < -0.4 is 10.1 Å². The maximum Gasteiger partial charge on any atom is 0.227 e. The summed E-state index contributed by atoms with van der Waals surface area (Å²) in [7, 11) is 0. The van der Waals surface area contributed by atoms with Gasteiger partial charge in [0.1, 0.15) is 5.75 Å². The van der Waals surface area contributed by atoms with Crippen LogP contribution in [0.5, 0.6) is 5.75 Å². The second-order valence-electron chi connectivity index (χ2n) is 5.33. The fraction of sp³-hybridized carbons (Fsp3) is 0.278. The summed E-state index contributed by atoms with van der Waals surface area (Å²) in [4.78, 5) is 12.0. The molecule has 0 aromatic heterocycles. The number of amides is 1. The zero-order valence-corrected chi connectivity index (χ0v) is 13.8. The lowest BCUT2D eigenvalue weighted by atomic mass is 10.1. The molecule has 0 heterocycles. The highest BCUT2D eigenvalue weighted by Gasteiger charge is 2.07. The van der Waals surface area contributed by atoms with Gasteiger partial charge < -0.3 is 10.1 Å². The molecule has 0 fully saturated rings. The average Bonchev–Trinajstić information content (AvgIpc) is 2.47. The molecule has 1 amide bonds. The third-order valence-corrected chi connectivity index (χ3v) is 3.88. The van der Waals surface area contributed by atoms with Crippen molar-refractivity contribution in [2.75, 3.05) is 11.9 Å². The fourth-order valence-electron chi connectivity index (χ4n) is 2.07. The average molecular weight is 318 g/mol. The van der Waals surface area contributed by atoms with Crippen molar-refractivity contribution in [3.63, 3.8) is 0 Å². The van der Waals surface area contributed by atoms with E-state index in [2.05, 4.69) is 5.32 Å². The van der Waals surface area contributed by atoms with Crippen LogP contribution in [0.15, 0.2) is 36.4 Å². The molecule has 0 aliphatic carbocycles. The Kier molecular flexibility index (Phi) is 5.45. The first-order valence-electron chi connectivity index (χ1n) is 7.22. The van der Waals surface area contributed by atoms with Crippen molar-refractivity contribution < 1.29 is 9.53 Å². The van der Waals surface area contributed by atoms with Crippen LogP contribution >= 0.6 is 11.6 Å². The molecule has 22 heavy (non-hydrogen) atoms. The zero-order chi connectivity index (χ0) is 16.1. The minimum absolute atomic E-state index is 0.0873. The highest BCUT2D eigenvalue weighted by molar-refractivity contribution is 6.31. The summed E-state index contributed by atoms with van der Waals surface area (Å²) in [5, 5.41) is 3.50. The van der Waals surface area contributed by atoms with Crippen LogP contribution in [-0.4, -0.2) is 12.5 Å². The molecule has 0 saturated heterocycles. The van der Waals surface area contributed by atoms with E-state index in [4.69, 9.17) is 16.3 Å². The van der Waals surface area contributed by atoms with Gasteiger partial charge in [0.15, 0.2) is 0 Å². The summed E-state index contributed by atoms with van der Waals surface area (Å²) in [6.45, 7) is 6.23. The third-order valence-electron chi connectivity index (χ3n) is 3.47. The summed E-state index contributed by atoms with van der Waals surface area (Å²) in [6.07, 6.45) is 0.291. The molecule has 0 saturated carbocycles. The number of hydrogen-bond acceptors (Lipinski definition) is 2. The first-order chi connectivity index (χ1) is 10.5. The van der Waals surface area contributed by atoms with Crippen molar-refractivity contribution in [3.05, 3.63) is 58.1 Å². The van der Waals surface area contributed by atoms with E-state index in [1.165, 1.54) is 0 Å². The second-order valence-corrected chi connectivity index (χ2v) is 5.74. The largest absolute Gasteiger partial charge is 0.493 e. The molecule has 0 spiro atoms. The number of ether oxygens (including phenoxy) is 1. The third kappa shape index (κ3) is 4.25. The monoisotopic (exact) mass is 317 g/mol. The molecule has 2 aromatic carbocycles. The van der Waals surface area contributed by atoms with E-state index in [9.17, 15) is 4.79 Å². The van der Waals surface area contributed by atoms with Crippen LogP contribution in [0.2, 0.25) is 5.02 Å². The van der Waals surface area contributed by atoms with Crippen LogP contribution in [0.4, 0.5) is 5.69 Å². The number of benzene rings is 2. The molecule has 0 aliphatic heterocycles. The number of aryl methyl sites for hydroxylation is 2. The molecule has 2 aromatic rings. The minimum Gasteiger partial charge on any atom is -0.493 e. The van der Waals surface area contributed by atoms with Gasteiger partial charge in [0, 0.05) is 10.7 Å². The van der Waals surface area contributed by atoms with Crippen molar-refractivity contribution in [1.82, 2.24) is 0 Å². The van der Waals surface area contributed by atoms with Crippen molar-refractivity contribution in [1.29, 1.82) is 0 Å². The van der Waals surface area contributed by atoms with E-state index in [0.29, 0.717) is 18.1 Å². The Balaban J connectivity index is 1.88. The molecule has 1 N–H and O–H groups in total. The van der Waals surface area contributed by atoms with Gasteiger partial charge in [-0.2, -0.15) is 0 Å². The van der Waals surface area contributed by atoms with Gasteiger partial charge in [-0.05, 0) is 55.7 Å². The van der Waals surface area contributed by atoms with Gasteiger partial charge in [-0.1, -0.05) is 29.8 Å².